The smallest absolute Gasteiger partial charge is 0.319 e. The van der Waals surface area contributed by atoms with E-state index in [4.69, 9.17) is 0 Å². The van der Waals surface area contributed by atoms with Gasteiger partial charge in [-0.1, -0.05) is 25.1 Å². The lowest BCUT2D eigenvalue weighted by Crippen LogP contribution is -2.35. The molecule has 1 aromatic carbocycles. The van der Waals surface area contributed by atoms with Gasteiger partial charge >= 0.3 is 6.03 Å². The number of rotatable bonds is 4. The van der Waals surface area contributed by atoms with Gasteiger partial charge in [0.15, 0.2) is 0 Å². The average molecular weight is 259 g/mol. The van der Waals surface area contributed by atoms with E-state index in [2.05, 4.69) is 28.2 Å². The Morgan fingerprint density at radius 2 is 2.05 bits per heavy atom. The molecular weight excluding hydrogens is 238 g/mol. The summed E-state index contributed by atoms with van der Waals surface area (Å²) in [6.45, 7) is 7.02. The third-order valence-electron chi connectivity index (χ3n) is 3.37. The van der Waals surface area contributed by atoms with Gasteiger partial charge in [0.1, 0.15) is 0 Å². The molecule has 0 saturated carbocycles. The number of anilines is 1. The third kappa shape index (κ3) is 2.89. The molecule has 2 amide bonds. The molecule has 1 atom stereocenters. The number of para-hydroxylation sites is 1. The van der Waals surface area contributed by atoms with Crippen LogP contribution in [0.25, 0.3) is 10.9 Å². The van der Waals surface area contributed by atoms with Crippen LogP contribution in [0.5, 0.6) is 0 Å². The number of fused-ring (bicyclic) bond motifs is 1. The number of nitrogens with zero attached hydrogens (tertiary/aromatic N) is 1. The number of nitrogens with one attached hydrogen (secondary N) is 2. The number of urea groups is 1. The second-order valence-corrected chi connectivity index (χ2v) is 4.75. The molecule has 1 aromatic heterocycles. The Kier molecular flexibility index (Phi) is 4.10. The van der Waals surface area contributed by atoms with Crippen molar-refractivity contribution in [2.24, 2.45) is 0 Å². The van der Waals surface area contributed by atoms with Crippen molar-refractivity contribution in [1.29, 1.82) is 0 Å². The predicted molar refractivity (Wildman–Crippen MR) is 79.5 cm³/mol. The lowest BCUT2D eigenvalue weighted by molar-refractivity contribution is 0.249. The quantitative estimate of drug-likeness (QED) is 0.866. The second kappa shape index (κ2) is 5.78. The molecule has 1 unspecified atom stereocenters. The molecule has 2 aromatic rings. The molecule has 0 saturated heterocycles. The molecule has 102 valence electrons. The van der Waals surface area contributed by atoms with E-state index in [0.29, 0.717) is 0 Å². The summed E-state index contributed by atoms with van der Waals surface area (Å²) < 4.78 is 2.13. The Morgan fingerprint density at radius 3 is 2.74 bits per heavy atom. The first-order valence-electron chi connectivity index (χ1n) is 6.81. The standard InChI is InChI=1S/C15H21N3O/c1-4-11(3)16-15(19)17-13-10-18(5-2)14-9-7-6-8-12(13)14/h6-11H,4-5H2,1-3H3,(H2,16,17,19). The van der Waals surface area contributed by atoms with Gasteiger partial charge in [-0.2, -0.15) is 0 Å². The van der Waals surface area contributed by atoms with Crippen molar-refractivity contribution >= 4 is 22.6 Å². The van der Waals surface area contributed by atoms with Gasteiger partial charge in [0.2, 0.25) is 0 Å². The van der Waals surface area contributed by atoms with Crippen molar-refractivity contribution in [3.8, 4) is 0 Å². The van der Waals surface area contributed by atoms with Gasteiger partial charge in [0.25, 0.3) is 0 Å². The van der Waals surface area contributed by atoms with Crippen LogP contribution in [0.4, 0.5) is 10.5 Å². The first-order valence-corrected chi connectivity index (χ1v) is 6.81. The molecule has 0 spiro atoms. The first kappa shape index (κ1) is 13.5. The summed E-state index contributed by atoms with van der Waals surface area (Å²) in [4.78, 5) is 11.9. The summed E-state index contributed by atoms with van der Waals surface area (Å²) in [5, 5.41) is 6.92. The minimum Gasteiger partial charge on any atom is -0.346 e. The number of benzene rings is 1. The molecule has 2 rings (SSSR count). The molecule has 4 heteroatoms. The molecule has 1 heterocycles. The van der Waals surface area contributed by atoms with Crippen LogP contribution >= 0.6 is 0 Å². The van der Waals surface area contributed by atoms with Crippen LogP contribution < -0.4 is 10.6 Å². The largest absolute Gasteiger partial charge is 0.346 e. The van der Waals surface area contributed by atoms with Crippen LogP contribution in [0.3, 0.4) is 0 Å². The SMILES string of the molecule is CCC(C)NC(=O)Nc1cn(CC)c2ccccc12. The molecule has 0 aliphatic rings. The fraction of sp³-hybridized carbons (Fsp3) is 0.400. The van der Waals surface area contributed by atoms with Crippen molar-refractivity contribution in [3.63, 3.8) is 0 Å². The van der Waals surface area contributed by atoms with E-state index in [-0.39, 0.29) is 12.1 Å². The highest BCUT2D eigenvalue weighted by molar-refractivity contribution is 6.01. The molecular formula is C15H21N3O. The minimum atomic E-state index is -0.145. The number of carbonyl (C=O) groups is 1. The van der Waals surface area contributed by atoms with Gasteiger partial charge in [0, 0.05) is 24.2 Å². The summed E-state index contributed by atoms with van der Waals surface area (Å²) in [5.74, 6) is 0. The highest BCUT2D eigenvalue weighted by Crippen LogP contribution is 2.25. The summed E-state index contributed by atoms with van der Waals surface area (Å²) in [7, 11) is 0. The van der Waals surface area contributed by atoms with Gasteiger partial charge < -0.3 is 15.2 Å². The van der Waals surface area contributed by atoms with E-state index in [0.717, 1.165) is 29.6 Å². The monoisotopic (exact) mass is 259 g/mol. The van der Waals surface area contributed by atoms with Crippen LogP contribution in [0, 0.1) is 0 Å². The fourth-order valence-electron chi connectivity index (χ4n) is 2.09. The zero-order chi connectivity index (χ0) is 13.8. The van der Waals surface area contributed by atoms with Crippen molar-refractivity contribution in [2.45, 2.75) is 39.8 Å². The van der Waals surface area contributed by atoms with E-state index in [1.54, 1.807) is 0 Å². The van der Waals surface area contributed by atoms with E-state index < -0.39 is 0 Å². The topological polar surface area (TPSA) is 46.1 Å². The Labute approximate surface area is 113 Å². The van der Waals surface area contributed by atoms with Crippen molar-refractivity contribution in [2.75, 3.05) is 5.32 Å². The minimum absolute atomic E-state index is 0.145. The second-order valence-electron chi connectivity index (χ2n) is 4.75. The maximum atomic E-state index is 11.9. The highest BCUT2D eigenvalue weighted by atomic mass is 16.2. The Bertz CT molecular complexity index is 574. The maximum Gasteiger partial charge on any atom is 0.319 e. The first-order chi connectivity index (χ1) is 9.15. The van der Waals surface area contributed by atoms with Crippen LogP contribution in [0.15, 0.2) is 30.5 Å². The molecule has 2 N–H and O–H groups in total. The van der Waals surface area contributed by atoms with Gasteiger partial charge in [-0.05, 0) is 26.3 Å². The van der Waals surface area contributed by atoms with Crippen LogP contribution in [0.2, 0.25) is 0 Å². The maximum absolute atomic E-state index is 11.9. The Morgan fingerprint density at radius 1 is 1.32 bits per heavy atom. The van der Waals surface area contributed by atoms with Gasteiger partial charge in [-0.25, -0.2) is 4.79 Å². The molecule has 0 fully saturated rings. The molecule has 0 aliphatic heterocycles. The lowest BCUT2D eigenvalue weighted by Gasteiger charge is -2.11. The van der Waals surface area contributed by atoms with E-state index in [9.17, 15) is 4.79 Å². The number of aryl methyl sites for hydroxylation is 1. The summed E-state index contributed by atoms with van der Waals surface area (Å²) in [6.07, 6.45) is 2.91. The summed E-state index contributed by atoms with van der Waals surface area (Å²) in [5.41, 5.74) is 2.00. The van der Waals surface area contributed by atoms with Gasteiger partial charge in [0.05, 0.1) is 11.2 Å². The number of aromatic nitrogens is 1. The summed E-state index contributed by atoms with van der Waals surface area (Å²) in [6, 6.07) is 8.13. The normalized spacial score (nSPS) is 12.4. The Hall–Kier alpha value is -1.97. The van der Waals surface area contributed by atoms with Crippen molar-refractivity contribution in [1.82, 2.24) is 9.88 Å². The number of carbonyl (C=O) groups excluding carboxylic acids is 1. The summed E-state index contributed by atoms with van der Waals surface area (Å²) >= 11 is 0. The lowest BCUT2D eigenvalue weighted by atomic mass is 10.2. The zero-order valence-corrected chi connectivity index (χ0v) is 11.7. The molecule has 0 bridgehead atoms. The molecule has 19 heavy (non-hydrogen) atoms. The van der Waals surface area contributed by atoms with Gasteiger partial charge in [-0.15, -0.1) is 0 Å². The average Bonchev–Trinajstić information content (AvgIpc) is 2.77. The van der Waals surface area contributed by atoms with Gasteiger partial charge in [-0.3, -0.25) is 0 Å². The van der Waals surface area contributed by atoms with Crippen LogP contribution in [-0.2, 0) is 6.54 Å². The number of amides is 2. The van der Waals surface area contributed by atoms with E-state index >= 15 is 0 Å². The van der Waals surface area contributed by atoms with Crippen LogP contribution in [-0.4, -0.2) is 16.6 Å². The fourth-order valence-corrected chi connectivity index (χ4v) is 2.09. The van der Waals surface area contributed by atoms with Crippen LogP contribution in [0.1, 0.15) is 27.2 Å². The van der Waals surface area contributed by atoms with E-state index in [1.165, 1.54) is 0 Å². The van der Waals surface area contributed by atoms with Crippen molar-refractivity contribution < 1.29 is 4.79 Å². The number of hydrogen-bond acceptors (Lipinski definition) is 1. The molecule has 4 nitrogen and oxygen atoms in total. The van der Waals surface area contributed by atoms with E-state index in [1.807, 2.05) is 38.2 Å². The highest BCUT2D eigenvalue weighted by Gasteiger charge is 2.11. The zero-order valence-electron chi connectivity index (χ0n) is 11.7. The number of hydrogen-bond donors (Lipinski definition) is 2. The predicted octanol–water partition coefficient (Wildman–Crippen LogP) is 3.58. The molecule has 0 aliphatic carbocycles. The third-order valence-corrected chi connectivity index (χ3v) is 3.37. The van der Waals surface area contributed by atoms with Crippen molar-refractivity contribution in [3.05, 3.63) is 30.5 Å². The Balaban J connectivity index is 2.23. The molecule has 0 radical (unpaired) electrons.